The number of aliphatic hydroxyl groups is 1. The number of hydrogen-bond acceptors (Lipinski definition) is 3. The van der Waals surface area contributed by atoms with Crippen molar-refractivity contribution < 1.29 is 13.9 Å². The van der Waals surface area contributed by atoms with Crippen LogP contribution in [0.1, 0.15) is 19.6 Å². The summed E-state index contributed by atoms with van der Waals surface area (Å²) >= 11 is 0. The van der Waals surface area contributed by atoms with Gasteiger partial charge in [0.1, 0.15) is 17.2 Å². The van der Waals surface area contributed by atoms with Crippen molar-refractivity contribution in [2.75, 3.05) is 13.6 Å². The lowest BCUT2D eigenvalue weighted by Crippen LogP contribution is -2.35. The number of rotatable bonds is 4. The zero-order valence-electron chi connectivity index (χ0n) is 10.9. The van der Waals surface area contributed by atoms with Crippen LogP contribution in [0.25, 0.3) is 11.0 Å². The number of benzene rings is 1. The fourth-order valence-electron chi connectivity index (χ4n) is 2.13. The Kier molecular flexibility index (Phi) is 3.41. The minimum absolute atomic E-state index is 0.264. The predicted octanol–water partition coefficient (Wildman–Crippen LogP) is 2.77. The van der Waals surface area contributed by atoms with E-state index in [1.807, 2.05) is 18.0 Å². The van der Waals surface area contributed by atoms with Crippen LogP contribution >= 0.6 is 0 Å². The van der Waals surface area contributed by atoms with Crippen molar-refractivity contribution in [2.24, 2.45) is 0 Å². The second kappa shape index (κ2) is 4.71. The summed E-state index contributed by atoms with van der Waals surface area (Å²) in [5.74, 6) is 0.502. The fourth-order valence-corrected chi connectivity index (χ4v) is 2.13. The maximum Gasteiger partial charge on any atom is 0.134 e. The van der Waals surface area contributed by atoms with Gasteiger partial charge in [0, 0.05) is 11.9 Å². The standard InChI is InChI=1S/C14H18FNO2/c1-14(2,17)9-16(3)8-12-7-10-6-11(15)4-5-13(10)18-12/h4-7,17H,8-9H2,1-3H3. The summed E-state index contributed by atoms with van der Waals surface area (Å²) in [6.45, 7) is 4.65. The highest BCUT2D eigenvalue weighted by Crippen LogP contribution is 2.21. The van der Waals surface area contributed by atoms with Crippen molar-refractivity contribution in [2.45, 2.75) is 26.0 Å². The predicted molar refractivity (Wildman–Crippen MR) is 68.8 cm³/mol. The summed E-state index contributed by atoms with van der Waals surface area (Å²) in [7, 11) is 1.91. The van der Waals surface area contributed by atoms with Gasteiger partial charge < -0.3 is 9.52 Å². The molecule has 4 heteroatoms. The molecule has 1 N–H and O–H groups in total. The number of likely N-dealkylation sites (N-methyl/N-ethyl adjacent to an activating group) is 1. The smallest absolute Gasteiger partial charge is 0.134 e. The zero-order chi connectivity index (χ0) is 13.3. The normalized spacial score (nSPS) is 12.6. The highest BCUT2D eigenvalue weighted by Gasteiger charge is 2.16. The minimum Gasteiger partial charge on any atom is -0.460 e. The second-order valence-corrected chi connectivity index (χ2v) is 5.38. The quantitative estimate of drug-likeness (QED) is 0.907. The highest BCUT2D eigenvalue weighted by atomic mass is 19.1. The maximum atomic E-state index is 13.0. The van der Waals surface area contributed by atoms with Gasteiger partial charge in [0.25, 0.3) is 0 Å². The van der Waals surface area contributed by atoms with Gasteiger partial charge in [0.15, 0.2) is 0 Å². The molecular formula is C14H18FNO2. The maximum absolute atomic E-state index is 13.0. The van der Waals surface area contributed by atoms with Gasteiger partial charge in [-0.05, 0) is 45.2 Å². The Bertz CT molecular complexity index is 542. The van der Waals surface area contributed by atoms with E-state index in [2.05, 4.69) is 0 Å². The van der Waals surface area contributed by atoms with Gasteiger partial charge in [0.05, 0.1) is 12.1 Å². The van der Waals surface area contributed by atoms with Crippen LogP contribution < -0.4 is 0 Å². The molecule has 0 unspecified atom stereocenters. The fraction of sp³-hybridized carbons (Fsp3) is 0.429. The van der Waals surface area contributed by atoms with Gasteiger partial charge >= 0.3 is 0 Å². The van der Waals surface area contributed by atoms with Crippen LogP contribution in [0.2, 0.25) is 0 Å². The monoisotopic (exact) mass is 251 g/mol. The molecule has 1 aromatic carbocycles. The zero-order valence-corrected chi connectivity index (χ0v) is 10.9. The number of furan rings is 1. The average Bonchev–Trinajstić information content (AvgIpc) is 2.55. The van der Waals surface area contributed by atoms with E-state index in [4.69, 9.17) is 4.42 Å². The highest BCUT2D eigenvalue weighted by molar-refractivity contribution is 5.77. The summed E-state index contributed by atoms with van der Waals surface area (Å²) < 4.78 is 18.7. The van der Waals surface area contributed by atoms with Crippen molar-refractivity contribution in [3.05, 3.63) is 35.8 Å². The van der Waals surface area contributed by atoms with Crippen molar-refractivity contribution in [1.29, 1.82) is 0 Å². The molecule has 1 aromatic heterocycles. The Labute approximate surface area is 106 Å². The minimum atomic E-state index is -0.743. The Morgan fingerprint density at radius 2 is 2.06 bits per heavy atom. The molecule has 0 aliphatic rings. The summed E-state index contributed by atoms with van der Waals surface area (Å²) in [6, 6.07) is 6.30. The summed E-state index contributed by atoms with van der Waals surface area (Å²) in [5.41, 5.74) is -0.0598. The molecule has 3 nitrogen and oxygen atoms in total. The molecule has 2 rings (SSSR count). The van der Waals surface area contributed by atoms with Gasteiger partial charge in [0.2, 0.25) is 0 Å². The van der Waals surface area contributed by atoms with Crippen LogP contribution in [0.4, 0.5) is 4.39 Å². The van der Waals surface area contributed by atoms with E-state index in [9.17, 15) is 9.50 Å². The van der Waals surface area contributed by atoms with Gasteiger partial charge in [-0.15, -0.1) is 0 Å². The van der Waals surface area contributed by atoms with E-state index in [0.717, 1.165) is 11.1 Å². The number of nitrogens with zero attached hydrogens (tertiary/aromatic N) is 1. The topological polar surface area (TPSA) is 36.6 Å². The molecule has 0 saturated carbocycles. The van der Waals surface area contributed by atoms with Crippen molar-refractivity contribution in [3.8, 4) is 0 Å². The van der Waals surface area contributed by atoms with E-state index in [-0.39, 0.29) is 5.82 Å². The molecule has 0 fully saturated rings. The third kappa shape index (κ3) is 3.31. The molecule has 0 spiro atoms. The number of halogens is 1. The lowest BCUT2D eigenvalue weighted by molar-refractivity contribution is 0.0409. The lowest BCUT2D eigenvalue weighted by Gasteiger charge is -2.24. The Balaban J connectivity index is 2.12. The molecule has 0 aliphatic carbocycles. The molecule has 98 valence electrons. The molecule has 0 aliphatic heterocycles. The summed E-state index contributed by atoms with van der Waals surface area (Å²) in [6.07, 6.45) is 0. The van der Waals surface area contributed by atoms with Gasteiger partial charge in [-0.3, -0.25) is 4.90 Å². The Morgan fingerprint density at radius 1 is 1.33 bits per heavy atom. The summed E-state index contributed by atoms with van der Waals surface area (Å²) in [4.78, 5) is 1.97. The van der Waals surface area contributed by atoms with Crippen molar-refractivity contribution in [1.82, 2.24) is 4.90 Å². The molecule has 0 radical (unpaired) electrons. The largest absolute Gasteiger partial charge is 0.460 e. The van der Waals surface area contributed by atoms with Gasteiger partial charge in [-0.1, -0.05) is 0 Å². The molecule has 0 saturated heterocycles. The first-order valence-electron chi connectivity index (χ1n) is 5.92. The van der Waals surface area contributed by atoms with E-state index in [1.165, 1.54) is 12.1 Å². The van der Waals surface area contributed by atoms with Crippen molar-refractivity contribution >= 4 is 11.0 Å². The van der Waals surface area contributed by atoms with Crippen LogP contribution in [-0.2, 0) is 6.54 Å². The summed E-state index contributed by atoms with van der Waals surface area (Å²) in [5, 5.41) is 10.5. The number of hydrogen-bond donors (Lipinski definition) is 1. The van der Waals surface area contributed by atoms with E-state index < -0.39 is 5.60 Å². The van der Waals surface area contributed by atoms with E-state index in [1.54, 1.807) is 19.9 Å². The number of fused-ring (bicyclic) bond motifs is 1. The molecule has 2 aromatic rings. The molecule has 0 bridgehead atoms. The first-order chi connectivity index (χ1) is 8.33. The first kappa shape index (κ1) is 13.1. The lowest BCUT2D eigenvalue weighted by atomic mass is 10.1. The van der Waals surface area contributed by atoms with E-state index in [0.29, 0.717) is 18.7 Å². The molecule has 1 heterocycles. The van der Waals surface area contributed by atoms with Crippen LogP contribution in [-0.4, -0.2) is 29.2 Å². The average molecular weight is 251 g/mol. The van der Waals surface area contributed by atoms with Gasteiger partial charge in [-0.2, -0.15) is 0 Å². The van der Waals surface area contributed by atoms with Crippen LogP contribution in [0.5, 0.6) is 0 Å². The Hall–Kier alpha value is -1.39. The molecule has 18 heavy (non-hydrogen) atoms. The van der Waals surface area contributed by atoms with Crippen molar-refractivity contribution in [3.63, 3.8) is 0 Å². The Morgan fingerprint density at radius 3 is 2.72 bits per heavy atom. The molecule has 0 atom stereocenters. The SMILES string of the molecule is CN(Cc1cc2cc(F)ccc2o1)CC(C)(C)O. The van der Waals surface area contributed by atoms with Gasteiger partial charge in [-0.25, -0.2) is 4.39 Å². The van der Waals surface area contributed by atoms with E-state index >= 15 is 0 Å². The third-order valence-corrected chi connectivity index (χ3v) is 2.61. The van der Waals surface area contributed by atoms with Crippen LogP contribution in [0.15, 0.2) is 28.7 Å². The van der Waals surface area contributed by atoms with Crippen LogP contribution in [0.3, 0.4) is 0 Å². The first-order valence-corrected chi connectivity index (χ1v) is 5.92. The molecule has 0 amide bonds. The van der Waals surface area contributed by atoms with Crippen LogP contribution in [0, 0.1) is 5.82 Å². The molecular weight excluding hydrogens is 233 g/mol. The second-order valence-electron chi connectivity index (χ2n) is 5.38. The third-order valence-electron chi connectivity index (χ3n) is 2.61.